The first-order valence-electron chi connectivity index (χ1n) is 6.08. The summed E-state index contributed by atoms with van der Waals surface area (Å²) >= 11 is 0. The molecule has 1 N–H and O–H groups in total. The van der Waals surface area contributed by atoms with Crippen LogP contribution in [-0.2, 0) is 9.53 Å². The van der Waals surface area contributed by atoms with E-state index in [-0.39, 0.29) is 19.0 Å². The van der Waals surface area contributed by atoms with Crippen molar-refractivity contribution in [3.63, 3.8) is 0 Å². The molecule has 1 rings (SSSR count). The van der Waals surface area contributed by atoms with E-state index in [4.69, 9.17) is 4.74 Å². The van der Waals surface area contributed by atoms with Crippen LogP contribution in [0.4, 0.5) is 13.2 Å². The van der Waals surface area contributed by atoms with Crippen molar-refractivity contribution in [1.82, 2.24) is 10.2 Å². The first-order chi connectivity index (χ1) is 8.42. The zero-order chi connectivity index (χ0) is 13.6. The van der Waals surface area contributed by atoms with E-state index in [0.29, 0.717) is 26.2 Å². The fourth-order valence-corrected chi connectivity index (χ4v) is 1.87. The molecule has 0 aromatic rings. The second kappa shape index (κ2) is 6.94. The van der Waals surface area contributed by atoms with E-state index in [0.717, 1.165) is 4.90 Å². The van der Waals surface area contributed by atoms with Crippen LogP contribution in [0.2, 0.25) is 0 Å². The number of hydrogen-bond donors (Lipinski definition) is 1. The fourth-order valence-electron chi connectivity index (χ4n) is 1.87. The Morgan fingerprint density at radius 2 is 2.22 bits per heavy atom. The summed E-state index contributed by atoms with van der Waals surface area (Å²) in [7, 11) is 0. The van der Waals surface area contributed by atoms with Gasteiger partial charge in [0.25, 0.3) is 0 Å². The van der Waals surface area contributed by atoms with Gasteiger partial charge in [-0.3, -0.25) is 4.79 Å². The summed E-state index contributed by atoms with van der Waals surface area (Å²) in [4.78, 5) is 12.7. The summed E-state index contributed by atoms with van der Waals surface area (Å²) in [5.74, 6) is -0.475. The molecule has 1 unspecified atom stereocenters. The average molecular weight is 268 g/mol. The van der Waals surface area contributed by atoms with Gasteiger partial charge in [0.2, 0.25) is 5.91 Å². The van der Waals surface area contributed by atoms with Gasteiger partial charge >= 0.3 is 6.18 Å². The normalized spacial score (nSPS) is 20.8. The van der Waals surface area contributed by atoms with Crippen LogP contribution >= 0.6 is 0 Å². The van der Waals surface area contributed by atoms with Crippen molar-refractivity contribution < 1.29 is 22.7 Å². The van der Waals surface area contributed by atoms with E-state index >= 15 is 0 Å². The Kier molecular flexibility index (Phi) is 5.87. The number of halogens is 3. The monoisotopic (exact) mass is 268 g/mol. The SMILES string of the molecule is CCCN(CC(F)(F)F)C(=O)CC1COCCN1. The molecule has 0 aromatic heterocycles. The molecule has 0 radical (unpaired) electrons. The molecule has 4 nitrogen and oxygen atoms in total. The van der Waals surface area contributed by atoms with Gasteiger partial charge in [-0.05, 0) is 6.42 Å². The number of carbonyl (C=O) groups is 1. The lowest BCUT2D eigenvalue weighted by Crippen LogP contribution is -2.47. The third-order valence-corrected chi connectivity index (χ3v) is 2.64. The van der Waals surface area contributed by atoms with Crippen LogP contribution in [0.15, 0.2) is 0 Å². The second-order valence-corrected chi connectivity index (χ2v) is 4.36. The highest BCUT2D eigenvalue weighted by Gasteiger charge is 2.33. The Balaban J connectivity index is 2.47. The molecule has 0 aliphatic carbocycles. The van der Waals surface area contributed by atoms with Crippen molar-refractivity contribution in [2.45, 2.75) is 32.0 Å². The summed E-state index contributed by atoms with van der Waals surface area (Å²) in [5.41, 5.74) is 0. The Morgan fingerprint density at radius 3 is 2.72 bits per heavy atom. The largest absolute Gasteiger partial charge is 0.406 e. The minimum Gasteiger partial charge on any atom is -0.378 e. The van der Waals surface area contributed by atoms with Gasteiger partial charge in [0, 0.05) is 25.6 Å². The minimum atomic E-state index is -4.35. The van der Waals surface area contributed by atoms with E-state index in [2.05, 4.69) is 5.32 Å². The fraction of sp³-hybridized carbons (Fsp3) is 0.909. The number of hydrogen-bond acceptors (Lipinski definition) is 3. The van der Waals surface area contributed by atoms with Gasteiger partial charge in [-0.1, -0.05) is 6.92 Å². The van der Waals surface area contributed by atoms with Gasteiger partial charge < -0.3 is 15.0 Å². The zero-order valence-corrected chi connectivity index (χ0v) is 10.4. The number of nitrogens with one attached hydrogen (secondary N) is 1. The third kappa shape index (κ3) is 5.68. The lowest BCUT2D eigenvalue weighted by atomic mass is 10.1. The van der Waals surface area contributed by atoms with Gasteiger partial charge in [-0.2, -0.15) is 13.2 Å². The predicted octanol–water partition coefficient (Wildman–Crippen LogP) is 1.17. The Morgan fingerprint density at radius 1 is 1.50 bits per heavy atom. The van der Waals surface area contributed by atoms with Crippen LogP contribution < -0.4 is 5.32 Å². The summed E-state index contributed by atoms with van der Waals surface area (Å²) in [6.07, 6.45) is -3.78. The molecule has 0 spiro atoms. The summed E-state index contributed by atoms with van der Waals surface area (Å²) in [5, 5.41) is 3.06. The van der Waals surface area contributed by atoms with Crippen LogP contribution in [0, 0.1) is 0 Å². The first kappa shape index (κ1) is 15.2. The maximum Gasteiger partial charge on any atom is 0.406 e. The topological polar surface area (TPSA) is 41.6 Å². The highest BCUT2D eigenvalue weighted by Crippen LogP contribution is 2.17. The minimum absolute atomic E-state index is 0.0517. The van der Waals surface area contributed by atoms with Crippen molar-refractivity contribution in [2.24, 2.45) is 0 Å². The van der Waals surface area contributed by atoms with Gasteiger partial charge in [-0.25, -0.2) is 0 Å². The summed E-state index contributed by atoms with van der Waals surface area (Å²) < 4.78 is 42.2. The van der Waals surface area contributed by atoms with Crippen molar-refractivity contribution in [3.05, 3.63) is 0 Å². The lowest BCUT2D eigenvalue weighted by Gasteiger charge is -2.28. The third-order valence-electron chi connectivity index (χ3n) is 2.64. The van der Waals surface area contributed by atoms with Gasteiger partial charge in [0.05, 0.1) is 13.2 Å². The molecule has 1 amide bonds. The molecule has 0 bridgehead atoms. The highest BCUT2D eigenvalue weighted by atomic mass is 19.4. The van der Waals surface area contributed by atoms with Crippen LogP contribution in [0.3, 0.4) is 0 Å². The Bertz CT molecular complexity index is 266. The van der Waals surface area contributed by atoms with Crippen LogP contribution in [0.25, 0.3) is 0 Å². The highest BCUT2D eigenvalue weighted by molar-refractivity contribution is 5.76. The molecule has 1 aliphatic rings. The molecular formula is C11H19F3N2O2. The van der Waals surface area contributed by atoms with Crippen LogP contribution in [-0.4, -0.2) is 55.9 Å². The number of amides is 1. The Hall–Kier alpha value is -0.820. The smallest absolute Gasteiger partial charge is 0.378 e. The van der Waals surface area contributed by atoms with Gasteiger partial charge in [-0.15, -0.1) is 0 Å². The first-order valence-corrected chi connectivity index (χ1v) is 6.08. The molecular weight excluding hydrogens is 249 g/mol. The molecule has 18 heavy (non-hydrogen) atoms. The molecule has 106 valence electrons. The average Bonchev–Trinajstić information content (AvgIpc) is 2.28. The summed E-state index contributed by atoms with van der Waals surface area (Å²) in [6, 6.07) is -0.182. The standard InChI is InChI=1S/C11H19F3N2O2/c1-2-4-16(8-11(12,13)14)10(17)6-9-7-18-5-3-15-9/h9,15H,2-8H2,1H3. The molecule has 1 heterocycles. The van der Waals surface area contributed by atoms with E-state index < -0.39 is 18.6 Å². The number of alkyl halides is 3. The predicted molar refractivity (Wildman–Crippen MR) is 60.2 cm³/mol. The van der Waals surface area contributed by atoms with E-state index in [9.17, 15) is 18.0 Å². The molecule has 7 heteroatoms. The molecule has 0 saturated carbocycles. The summed E-state index contributed by atoms with van der Waals surface area (Å²) in [6.45, 7) is 2.28. The molecule has 0 aromatic carbocycles. The van der Waals surface area contributed by atoms with E-state index in [1.54, 1.807) is 6.92 Å². The second-order valence-electron chi connectivity index (χ2n) is 4.36. The number of carbonyl (C=O) groups excluding carboxylic acids is 1. The molecule has 1 saturated heterocycles. The maximum absolute atomic E-state index is 12.3. The van der Waals surface area contributed by atoms with Gasteiger partial charge in [0.1, 0.15) is 6.54 Å². The maximum atomic E-state index is 12.3. The van der Waals surface area contributed by atoms with Crippen LogP contribution in [0.5, 0.6) is 0 Å². The van der Waals surface area contributed by atoms with Crippen LogP contribution in [0.1, 0.15) is 19.8 Å². The zero-order valence-electron chi connectivity index (χ0n) is 10.4. The van der Waals surface area contributed by atoms with E-state index in [1.165, 1.54) is 0 Å². The van der Waals surface area contributed by atoms with Crippen molar-refractivity contribution in [2.75, 3.05) is 32.8 Å². The van der Waals surface area contributed by atoms with E-state index in [1.807, 2.05) is 0 Å². The molecule has 1 fully saturated rings. The number of morpholine rings is 1. The van der Waals surface area contributed by atoms with Crippen molar-refractivity contribution in [1.29, 1.82) is 0 Å². The molecule has 1 atom stereocenters. The quantitative estimate of drug-likeness (QED) is 0.813. The number of nitrogens with zero attached hydrogens (tertiary/aromatic N) is 1. The lowest BCUT2D eigenvalue weighted by molar-refractivity contribution is -0.161. The van der Waals surface area contributed by atoms with Crippen molar-refractivity contribution >= 4 is 5.91 Å². The van der Waals surface area contributed by atoms with Crippen molar-refractivity contribution in [3.8, 4) is 0 Å². The van der Waals surface area contributed by atoms with Gasteiger partial charge in [0.15, 0.2) is 0 Å². The number of rotatable bonds is 5. The molecule has 1 aliphatic heterocycles. The Labute approximate surface area is 104 Å². The number of ether oxygens (including phenoxy) is 1.